The number of carbonyl (C=O) groups excluding carboxylic acids is 1. The third-order valence-corrected chi connectivity index (χ3v) is 3.62. The summed E-state index contributed by atoms with van der Waals surface area (Å²) in [6, 6.07) is 5.73. The molecule has 0 unspecified atom stereocenters. The Morgan fingerprint density at radius 2 is 2.10 bits per heavy atom. The van der Waals surface area contributed by atoms with Crippen molar-refractivity contribution < 1.29 is 4.79 Å². The van der Waals surface area contributed by atoms with E-state index in [0.717, 1.165) is 49.1 Å². The molecule has 1 aromatic carbocycles. The van der Waals surface area contributed by atoms with Crippen LogP contribution in [0.3, 0.4) is 0 Å². The summed E-state index contributed by atoms with van der Waals surface area (Å²) in [7, 11) is 2.01. The first kappa shape index (κ1) is 14.6. The lowest BCUT2D eigenvalue weighted by molar-refractivity contribution is 0.0953. The summed E-state index contributed by atoms with van der Waals surface area (Å²) in [4.78, 5) is 16.6. The highest BCUT2D eigenvalue weighted by Crippen LogP contribution is 2.17. The van der Waals surface area contributed by atoms with E-state index < -0.39 is 0 Å². The van der Waals surface area contributed by atoms with Crippen LogP contribution in [0.15, 0.2) is 18.2 Å². The lowest BCUT2D eigenvalue weighted by Crippen LogP contribution is -2.24. The van der Waals surface area contributed by atoms with Gasteiger partial charge in [-0.2, -0.15) is 0 Å². The number of fused-ring (bicyclic) bond motifs is 1. The number of aromatic nitrogens is 2. The minimum atomic E-state index is -0.00768. The third-order valence-electron chi connectivity index (χ3n) is 3.62. The molecule has 0 spiro atoms. The maximum Gasteiger partial charge on any atom is 0.251 e. The van der Waals surface area contributed by atoms with Crippen LogP contribution in [0.4, 0.5) is 0 Å². The van der Waals surface area contributed by atoms with Crippen LogP contribution in [-0.4, -0.2) is 22.0 Å². The minimum Gasteiger partial charge on any atom is -0.352 e. The molecule has 4 heteroatoms. The summed E-state index contributed by atoms with van der Waals surface area (Å²) in [6.45, 7) is 4.98. The largest absolute Gasteiger partial charge is 0.352 e. The number of amides is 1. The molecule has 0 atom stereocenters. The summed E-state index contributed by atoms with van der Waals surface area (Å²) in [5.41, 5.74) is 2.66. The van der Waals surface area contributed by atoms with Gasteiger partial charge in [0.2, 0.25) is 0 Å². The van der Waals surface area contributed by atoms with E-state index in [4.69, 9.17) is 0 Å². The van der Waals surface area contributed by atoms with Crippen molar-refractivity contribution in [3.05, 3.63) is 29.6 Å². The highest BCUT2D eigenvalue weighted by atomic mass is 16.1. The fraction of sp³-hybridized carbons (Fsp3) is 0.500. The quantitative estimate of drug-likeness (QED) is 0.822. The van der Waals surface area contributed by atoms with E-state index in [1.54, 1.807) is 0 Å². The molecule has 2 rings (SSSR count). The van der Waals surface area contributed by atoms with Crippen molar-refractivity contribution in [1.29, 1.82) is 0 Å². The molecule has 1 amide bonds. The average Bonchev–Trinajstić information content (AvgIpc) is 2.79. The van der Waals surface area contributed by atoms with Crippen molar-refractivity contribution in [1.82, 2.24) is 14.9 Å². The fourth-order valence-corrected chi connectivity index (χ4v) is 2.39. The van der Waals surface area contributed by atoms with Crippen LogP contribution >= 0.6 is 0 Å². The molecule has 0 radical (unpaired) electrons. The van der Waals surface area contributed by atoms with Crippen LogP contribution < -0.4 is 5.32 Å². The molecule has 1 heterocycles. The monoisotopic (exact) mass is 273 g/mol. The zero-order valence-corrected chi connectivity index (χ0v) is 12.6. The molecule has 1 aromatic heterocycles. The molecule has 4 nitrogen and oxygen atoms in total. The molecule has 0 aliphatic rings. The zero-order chi connectivity index (χ0) is 14.5. The summed E-state index contributed by atoms with van der Waals surface area (Å²) in [5, 5.41) is 2.96. The summed E-state index contributed by atoms with van der Waals surface area (Å²) < 4.78 is 2.08. The minimum absolute atomic E-state index is 0.00768. The van der Waals surface area contributed by atoms with Crippen LogP contribution in [0.1, 0.15) is 49.3 Å². The van der Waals surface area contributed by atoms with Crippen molar-refractivity contribution in [2.45, 2.75) is 39.5 Å². The molecule has 0 saturated heterocycles. The Morgan fingerprint density at radius 1 is 1.30 bits per heavy atom. The fourth-order valence-electron chi connectivity index (χ4n) is 2.39. The first-order chi connectivity index (χ1) is 9.67. The first-order valence-corrected chi connectivity index (χ1v) is 7.41. The standard InChI is InChI=1S/C16H23N3O/c1-4-6-7-10-17-16(20)12-8-9-14-13(11-12)18-15(5-2)19(14)3/h8-9,11H,4-7,10H2,1-3H3,(H,17,20). The van der Waals surface area contributed by atoms with Crippen molar-refractivity contribution in [3.8, 4) is 0 Å². The van der Waals surface area contributed by atoms with Crippen molar-refractivity contribution >= 4 is 16.9 Å². The smallest absolute Gasteiger partial charge is 0.251 e. The van der Waals surface area contributed by atoms with Crippen molar-refractivity contribution in [2.75, 3.05) is 6.54 Å². The van der Waals surface area contributed by atoms with Gasteiger partial charge in [-0.25, -0.2) is 4.98 Å². The van der Waals surface area contributed by atoms with E-state index in [1.165, 1.54) is 0 Å². The van der Waals surface area contributed by atoms with E-state index in [1.807, 2.05) is 25.2 Å². The van der Waals surface area contributed by atoms with Gasteiger partial charge < -0.3 is 9.88 Å². The van der Waals surface area contributed by atoms with Gasteiger partial charge in [-0.05, 0) is 24.6 Å². The molecule has 2 aromatic rings. The third kappa shape index (κ3) is 3.00. The maximum atomic E-state index is 12.1. The predicted molar refractivity (Wildman–Crippen MR) is 82.0 cm³/mol. The van der Waals surface area contributed by atoms with Gasteiger partial charge in [0.05, 0.1) is 11.0 Å². The van der Waals surface area contributed by atoms with Crippen LogP contribution in [0, 0.1) is 0 Å². The number of benzene rings is 1. The van der Waals surface area contributed by atoms with E-state index >= 15 is 0 Å². The van der Waals surface area contributed by atoms with Gasteiger partial charge in [0.1, 0.15) is 5.82 Å². The molecule has 108 valence electrons. The molecular formula is C16H23N3O. The molecule has 0 aliphatic heterocycles. The molecule has 0 bridgehead atoms. The highest BCUT2D eigenvalue weighted by molar-refractivity contribution is 5.97. The lowest BCUT2D eigenvalue weighted by Gasteiger charge is -2.05. The summed E-state index contributed by atoms with van der Waals surface area (Å²) in [5.74, 6) is 1.03. The lowest BCUT2D eigenvalue weighted by atomic mass is 10.2. The SMILES string of the molecule is CCCCCNC(=O)c1ccc2c(c1)nc(CC)n2C. The predicted octanol–water partition coefficient (Wildman–Crippen LogP) is 3.06. The molecule has 20 heavy (non-hydrogen) atoms. The first-order valence-electron chi connectivity index (χ1n) is 7.41. The second-order valence-electron chi connectivity index (χ2n) is 5.11. The number of carbonyl (C=O) groups is 1. The van der Waals surface area contributed by atoms with Crippen LogP contribution in [0.5, 0.6) is 0 Å². The van der Waals surface area contributed by atoms with Gasteiger partial charge in [-0.15, -0.1) is 0 Å². The molecule has 0 aliphatic carbocycles. The van der Waals surface area contributed by atoms with Crippen LogP contribution in [0.2, 0.25) is 0 Å². The zero-order valence-electron chi connectivity index (χ0n) is 12.6. The van der Waals surface area contributed by atoms with Gasteiger partial charge >= 0.3 is 0 Å². The topological polar surface area (TPSA) is 46.9 Å². The highest BCUT2D eigenvalue weighted by Gasteiger charge is 2.10. The number of imidazole rings is 1. The normalized spacial score (nSPS) is 10.9. The number of rotatable bonds is 6. The van der Waals surface area contributed by atoms with E-state index in [-0.39, 0.29) is 5.91 Å². The van der Waals surface area contributed by atoms with E-state index in [9.17, 15) is 4.79 Å². The van der Waals surface area contributed by atoms with Gasteiger partial charge in [0.15, 0.2) is 0 Å². The number of hydrogen-bond donors (Lipinski definition) is 1. The molecule has 1 N–H and O–H groups in total. The Hall–Kier alpha value is -1.84. The summed E-state index contributed by atoms with van der Waals surface area (Å²) >= 11 is 0. The Balaban J connectivity index is 2.13. The van der Waals surface area contributed by atoms with E-state index in [0.29, 0.717) is 5.56 Å². The second kappa shape index (κ2) is 6.55. The van der Waals surface area contributed by atoms with Gasteiger partial charge in [-0.1, -0.05) is 26.7 Å². The van der Waals surface area contributed by atoms with Crippen LogP contribution in [0.25, 0.3) is 11.0 Å². The van der Waals surface area contributed by atoms with Gasteiger partial charge in [0.25, 0.3) is 5.91 Å². The molecule has 0 fully saturated rings. The number of nitrogens with one attached hydrogen (secondary N) is 1. The maximum absolute atomic E-state index is 12.1. The van der Waals surface area contributed by atoms with Crippen molar-refractivity contribution in [3.63, 3.8) is 0 Å². The summed E-state index contributed by atoms with van der Waals surface area (Å²) in [6.07, 6.45) is 4.24. The number of unbranched alkanes of at least 4 members (excludes halogenated alkanes) is 2. The van der Waals surface area contributed by atoms with Crippen LogP contribution in [-0.2, 0) is 13.5 Å². The van der Waals surface area contributed by atoms with Gasteiger partial charge in [0, 0.05) is 25.6 Å². The van der Waals surface area contributed by atoms with E-state index in [2.05, 4.69) is 28.7 Å². The Kier molecular flexibility index (Phi) is 4.77. The number of nitrogens with zero attached hydrogens (tertiary/aromatic N) is 2. The Bertz CT molecular complexity index is 601. The molecule has 0 saturated carbocycles. The number of aryl methyl sites for hydroxylation is 2. The van der Waals surface area contributed by atoms with Crippen molar-refractivity contribution in [2.24, 2.45) is 7.05 Å². The Labute approximate surface area is 120 Å². The van der Waals surface area contributed by atoms with Gasteiger partial charge in [-0.3, -0.25) is 4.79 Å². The Morgan fingerprint density at radius 3 is 2.80 bits per heavy atom. The molecular weight excluding hydrogens is 250 g/mol. The second-order valence-corrected chi connectivity index (χ2v) is 5.11. The average molecular weight is 273 g/mol. The number of hydrogen-bond acceptors (Lipinski definition) is 2.